The highest BCUT2D eigenvalue weighted by molar-refractivity contribution is 7.82. The standard InChI is InChI=1S/C17H18N2OS/c1-13-7-9-15(10-8-13)19-16(20)17(21)18-12-11-14-5-3-2-4-6-14/h2-10H,11-12H2,1H3,(H,18,21)(H,19,20). The molecule has 0 aliphatic carbocycles. The summed E-state index contributed by atoms with van der Waals surface area (Å²) >= 11 is 5.09. The van der Waals surface area contributed by atoms with Gasteiger partial charge in [0.05, 0.1) is 0 Å². The molecule has 0 saturated heterocycles. The van der Waals surface area contributed by atoms with Gasteiger partial charge < -0.3 is 10.6 Å². The number of hydrogen-bond donors (Lipinski definition) is 2. The molecule has 0 heterocycles. The van der Waals surface area contributed by atoms with Gasteiger partial charge in [0.1, 0.15) is 0 Å². The zero-order valence-corrected chi connectivity index (χ0v) is 12.7. The monoisotopic (exact) mass is 298 g/mol. The summed E-state index contributed by atoms with van der Waals surface area (Å²) in [6.07, 6.45) is 0.832. The second-order valence-electron chi connectivity index (χ2n) is 4.81. The topological polar surface area (TPSA) is 41.1 Å². The molecule has 0 spiro atoms. The number of rotatable bonds is 4. The van der Waals surface area contributed by atoms with Gasteiger partial charge in [-0.1, -0.05) is 60.2 Å². The Hall–Kier alpha value is -2.20. The molecule has 0 fully saturated rings. The zero-order valence-electron chi connectivity index (χ0n) is 11.9. The van der Waals surface area contributed by atoms with Crippen molar-refractivity contribution < 1.29 is 4.79 Å². The molecular formula is C17H18N2OS. The SMILES string of the molecule is Cc1ccc(NC(=O)C(=S)NCCc2ccccc2)cc1. The van der Waals surface area contributed by atoms with E-state index in [4.69, 9.17) is 12.2 Å². The predicted molar refractivity (Wildman–Crippen MR) is 90.6 cm³/mol. The minimum Gasteiger partial charge on any atom is -0.371 e. The Morgan fingerprint density at radius 3 is 2.38 bits per heavy atom. The first-order chi connectivity index (χ1) is 10.1. The Morgan fingerprint density at radius 1 is 1.05 bits per heavy atom. The summed E-state index contributed by atoms with van der Waals surface area (Å²) in [6, 6.07) is 17.7. The number of anilines is 1. The van der Waals surface area contributed by atoms with Crippen LogP contribution in [0.4, 0.5) is 5.69 Å². The summed E-state index contributed by atoms with van der Waals surface area (Å²) in [4.78, 5) is 12.1. The number of aryl methyl sites for hydroxylation is 1. The van der Waals surface area contributed by atoms with Gasteiger partial charge in [0.25, 0.3) is 5.91 Å². The zero-order chi connectivity index (χ0) is 15.1. The number of thiocarbonyl (C=S) groups is 1. The van der Waals surface area contributed by atoms with Crippen LogP contribution in [-0.4, -0.2) is 17.4 Å². The van der Waals surface area contributed by atoms with E-state index in [1.54, 1.807) is 0 Å². The van der Waals surface area contributed by atoms with Crippen molar-refractivity contribution >= 4 is 28.8 Å². The number of carbonyl (C=O) groups is 1. The van der Waals surface area contributed by atoms with Gasteiger partial charge in [-0.25, -0.2) is 0 Å². The molecular weight excluding hydrogens is 280 g/mol. The van der Waals surface area contributed by atoms with Crippen LogP contribution in [0.25, 0.3) is 0 Å². The van der Waals surface area contributed by atoms with Crippen molar-refractivity contribution in [1.29, 1.82) is 0 Å². The summed E-state index contributed by atoms with van der Waals surface area (Å²) in [6.45, 7) is 2.64. The Bertz CT molecular complexity index is 608. The second kappa shape index (κ2) is 7.55. The average Bonchev–Trinajstić information content (AvgIpc) is 2.50. The van der Waals surface area contributed by atoms with Gasteiger partial charge in [-0.2, -0.15) is 0 Å². The van der Waals surface area contributed by atoms with Crippen LogP contribution in [-0.2, 0) is 11.2 Å². The fourth-order valence-corrected chi connectivity index (χ4v) is 2.02. The van der Waals surface area contributed by atoms with Gasteiger partial charge in [-0.05, 0) is 31.0 Å². The first-order valence-electron chi connectivity index (χ1n) is 6.85. The maximum atomic E-state index is 11.9. The summed E-state index contributed by atoms with van der Waals surface area (Å²) in [7, 11) is 0. The van der Waals surface area contributed by atoms with E-state index in [-0.39, 0.29) is 10.9 Å². The molecule has 1 amide bonds. The van der Waals surface area contributed by atoms with E-state index < -0.39 is 0 Å². The average molecular weight is 298 g/mol. The van der Waals surface area contributed by atoms with Crippen LogP contribution in [0.15, 0.2) is 54.6 Å². The van der Waals surface area contributed by atoms with Gasteiger partial charge in [-0.3, -0.25) is 4.79 Å². The van der Waals surface area contributed by atoms with Crippen molar-refractivity contribution in [2.75, 3.05) is 11.9 Å². The third-order valence-corrected chi connectivity index (χ3v) is 3.39. The lowest BCUT2D eigenvalue weighted by molar-refractivity contribution is -0.110. The number of benzene rings is 2. The van der Waals surface area contributed by atoms with Crippen molar-refractivity contribution in [2.24, 2.45) is 0 Å². The van der Waals surface area contributed by atoms with Crippen LogP contribution >= 0.6 is 12.2 Å². The molecule has 2 aromatic carbocycles. The molecule has 0 radical (unpaired) electrons. The van der Waals surface area contributed by atoms with E-state index in [0.29, 0.717) is 6.54 Å². The summed E-state index contributed by atoms with van der Waals surface area (Å²) < 4.78 is 0. The van der Waals surface area contributed by atoms with Gasteiger partial charge in [-0.15, -0.1) is 0 Å². The molecule has 108 valence electrons. The molecule has 0 aromatic heterocycles. The molecule has 0 atom stereocenters. The molecule has 4 heteroatoms. The van der Waals surface area contributed by atoms with Crippen molar-refractivity contribution in [3.05, 3.63) is 65.7 Å². The minimum atomic E-state index is -0.276. The Balaban J connectivity index is 1.77. The lowest BCUT2D eigenvalue weighted by Crippen LogP contribution is -2.34. The van der Waals surface area contributed by atoms with E-state index in [9.17, 15) is 4.79 Å². The lowest BCUT2D eigenvalue weighted by Gasteiger charge is -2.09. The maximum Gasteiger partial charge on any atom is 0.283 e. The van der Waals surface area contributed by atoms with E-state index >= 15 is 0 Å². The number of amides is 1. The van der Waals surface area contributed by atoms with Crippen LogP contribution < -0.4 is 10.6 Å². The van der Waals surface area contributed by atoms with Crippen LogP contribution in [0.3, 0.4) is 0 Å². The molecule has 0 aliphatic heterocycles. The van der Waals surface area contributed by atoms with Crippen LogP contribution in [0.5, 0.6) is 0 Å². The maximum absolute atomic E-state index is 11.9. The third-order valence-electron chi connectivity index (χ3n) is 3.06. The van der Waals surface area contributed by atoms with Crippen molar-refractivity contribution in [1.82, 2.24) is 5.32 Å². The molecule has 2 aromatic rings. The number of nitrogens with one attached hydrogen (secondary N) is 2. The van der Waals surface area contributed by atoms with E-state index in [2.05, 4.69) is 22.8 Å². The fraction of sp³-hybridized carbons (Fsp3) is 0.176. The van der Waals surface area contributed by atoms with Crippen LogP contribution in [0.1, 0.15) is 11.1 Å². The summed E-state index contributed by atoms with van der Waals surface area (Å²) in [5, 5.41) is 5.76. The molecule has 3 nitrogen and oxygen atoms in total. The normalized spacial score (nSPS) is 9.95. The molecule has 0 unspecified atom stereocenters. The fourth-order valence-electron chi connectivity index (χ4n) is 1.87. The smallest absolute Gasteiger partial charge is 0.283 e. The molecule has 0 saturated carbocycles. The van der Waals surface area contributed by atoms with Crippen LogP contribution in [0.2, 0.25) is 0 Å². The molecule has 21 heavy (non-hydrogen) atoms. The third kappa shape index (κ3) is 5.00. The minimum absolute atomic E-state index is 0.214. The van der Waals surface area contributed by atoms with Gasteiger partial charge in [0.15, 0.2) is 4.99 Å². The predicted octanol–water partition coefficient (Wildman–Crippen LogP) is 3.09. The number of carbonyl (C=O) groups excluding carboxylic acids is 1. The number of hydrogen-bond acceptors (Lipinski definition) is 2. The lowest BCUT2D eigenvalue weighted by atomic mass is 10.1. The summed E-state index contributed by atoms with van der Waals surface area (Å²) in [5.41, 5.74) is 3.11. The van der Waals surface area contributed by atoms with E-state index in [0.717, 1.165) is 17.7 Å². The first kappa shape index (κ1) is 15.2. The molecule has 0 aliphatic rings. The Labute approximate surface area is 130 Å². The first-order valence-corrected chi connectivity index (χ1v) is 7.26. The molecule has 2 rings (SSSR count). The van der Waals surface area contributed by atoms with Crippen molar-refractivity contribution in [3.8, 4) is 0 Å². The largest absolute Gasteiger partial charge is 0.371 e. The van der Waals surface area contributed by atoms with Crippen molar-refractivity contribution in [3.63, 3.8) is 0 Å². The van der Waals surface area contributed by atoms with E-state index in [1.807, 2.05) is 49.4 Å². The van der Waals surface area contributed by atoms with Crippen molar-refractivity contribution in [2.45, 2.75) is 13.3 Å². The molecule has 2 N–H and O–H groups in total. The Kier molecular flexibility index (Phi) is 5.46. The van der Waals surface area contributed by atoms with Crippen LogP contribution in [0, 0.1) is 6.92 Å². The molecule has 0 bridgehead atoms. The van der Waals surface area contributed by atoms with Gasteiger partial charge in [0, 0.05) is 12.2 Å². The van der Waals surface area contributed by atoms with Gasteiger partial charge in [0.2, 0.25) is 0 Å². The quantitative estimate of drug-likeness (QED) is 0.852. The second-order valence-corrected chi connectivity index (χ2v) is 5.22. The highest BCUT2D eigenvalue weighted by Crippen LogP contribution is 2.08. The highest BCUT2D eigenvalue weighted by atomic mass is 32.1. The van der Waals surface area contributed by atoms with Gasteiger partial charge >= 0.3 is 0 Å². The summed E-state index contributed by atoms with van der Waals surface area (Å²) in [5.74, 6) is -0.276. The highest BCUT2D eigenvalue weighted by Gasteiger charge is 2.08. The van der Waals surface area contributed by atoms with E-state index in [1.165, 1.54) is 5.56 Å². The Morgan fingerprint density at radius 2 is 1.71 bits per heavy atom.